The zero-order valence-electron chi connectivity index (χ0n) is 12.0. The summed E-state index contributed by atoms with van der Waals surface area (Å²) in [7, 11) is 0. The first-order valence-corrected chi connectivity index (χ1v) is 8.62. The van der Waals surface area contributed by atoms with E-state index < -0.39 is 0 Å². The van der Waals surface area contributed by atoms with E-state index in [2.05, 4.69) is 38.7 Å². The molecule has 0 unspecified atom stereocenters. The lowest BCUT2D eigenvalue weighted by Crippen LogP contribution is -2.12. The van der Waals surface area contributed by atoms with Crippen molar-refractivity contribution in [3.8, 4) is 0 Å². The van der Waals surface area contributed by atoms with Crippen LogP contribution in [-0.2, 0) is 17.9 Å². The number of hydrogen-bond acceptors (Lipinski definition) is 3. The Balaban J connectivity index is 1.78. The predicted molar refractivity (Wildman–Crippen MR) is 92.5 cm³/mol. The number of benzene rings is 1. The van der Waals surface area contributed by atoms with Gasteiger partial charge < -0.3 is 10.6 Å². The quantitative estimate of drug-likeness (QED) is 0.755. The minimum absolute atomic E-state index is 0.0756. The Bertz CT molecular complexity index is 580. The number of carbonyl (C=O) groups excluding carboxylic acids is 1. The molecule has 1 aromatic heterocycles. The van der Waals surface area contributed by atoms with Gasteiger partial charge in [0.15, 0.2) is 0 Å². The largest absolute Gasteiger partial charge is 0.326 e. The summed E-state index contributed by atoms with van der Waals surface area (Å²) in [4.78, 5) is 12.8. The lowest BCUT2D eigenvalue weighted by Gasteiger charge is -2.07. The summed E-state index contributed by atoms with van der Waals surface area (Å²) in [6.45, 7) is 3.68. The van der Waals surface area contributed by atoms with Crippen molar-refractivity contribution in [2.45, 2.75) is 32.9 Å². The zero-order chi connectivity index (χ0) is 15.1. The first-order chi connectivity index (χ1) is 10.2. The third kappa shape index (κ3) is 5.61. The molecular weight excluding hydrogens is 348 g/mol. The first-order valence-electron chi connectivity index (χ1n) is 7.01. The van der Waals surface area contributed by atoms with Crippen LogP contribution in [0.4, 0.5) is 5.69 Å². The van der Waals surface area contributed by atoms with E-state index in [1.807, 2.05) is 31.2 Å². The Morgan fingerprint density at radius 2 is 1.90 bits per heavy atom. The molecule has 21 heavy (non-hydrogen) atoms. The first kappa shape index (κ1) is 16.2. The van der Waals surface area contributed by atoms with Gasteiger partial charge in [0.1, 0.15) is 0 Å². The van der Waals surface area contributed by atoms with Gasteiger partial charge in [-0.2, -0.15) is 0 Å². The minimum atomic E-state index is 0.0756. The number of halogens is 1. The third-order valence-corrected chi connectivity index (χ3v) is 4.60. The van der Waals surface area contributed by atoms with Gasteiger partial charge >= 0.3 is 0 Å². The number of thiophene rings is 1. The summed E-state index contributed by atoms with van der Waals surface area (Å²) in [5, 5.41) is 6.31. The molecule has 0 radical (unpaired) electrons. The third-order valence-electron chi connectivity index (χ3n) is 2.97. The molecule has 112 valence electrons. The number of amides is 1. The summed E-state index contributed by atoms with van der Waals surface area (Å²) < 4.78 is 1.16. The maximum atomic E-state index is 11.5. The summed E-state index contributed by atoms with van der Waals surface area (Å²) in [6, 6.07) is 12.2. The highest BCUT2D eigenvalue weighted by molar-refractivity contribution is 9.11. The second-order valence-corrected chi connectivity index (χ2v) is 7.35. The molecule has 2 N–H and O–H groups in total. The molecule has 3 nitrogen and oxygen atoms in total. The Hall–Kier alpha value is -1.17. The Labute approximate surface area is 137 Å². The monoisotopic (exact) mass is 366 g/mol. The van der Waals surface area contributed by atoms with Gasteiger partial charge in [-0.05, 0) is 52.2 Å². The fourth-order valence-electron chi connectivity index (χ4n) is 1.93. The van der Waals surface area contributed by atoms with Gasteiger partial charge in [-0.15, -0.1) is 11.3 Å². The molecule has 0 aliphatic rings. The van der Waals surface area contributed by atoms with Gasteiger partial charge in [0.25, 0.3) is 0 Å². The van der Waals surface area contributed by atoms with E-state index in [1.165, 1.54) is 10.4 Å². The SMILES string of the molecule is CCCC(=O)Nc1ccc(CNCc2ccc(Br)s2)cc1. The Kier molecular flexibility index (Phi) is 6.42. The molecule has 5 heteroatoms. The van der Waals surface area contributed by atoms with Crippen molar-refractivity contribution in [1.82, 2.24) is 5.32 Å². The highest BCUT2D eigenvalue weighted by Crippen LogP contribution is 2.21. The second-order valence-electron chi connectivity index (χ2n) is 4.80. The van der Waals surface area contributed by atoms with Gasteiger partial charge in [0.05, 0.1) is 3.79 Å². The van der Waals surface area contributed by atoms with Crippen molar-refractivity contribution in [1.29, 1.82) is 0 Å². The molecule has 0 spiro atoms. The molecule has 0 saturated carbocycles. The fraction of sp³-hybridized carbons (Fsp3) is 0.312. The lowest BCUT2D eigenvalue weighted by molar-refractivity contribution is -0.116. The average Bonchev–Trinajstić information content (AvgIpc) is 2.87. The molecule has 0 aliphatic carbocycles. The molecule has 2 rings (SSSR count). The summed E-state index contributed by atoms with van der Waals surface area (Å²) in [5.74, 6) is 0.0756. The van der Waals surface area contributed by atoms with Crippen LogP contribution in [0.3, 0.4) is 0 Å². The van der Waals surface area contributed by atoms with Crippen molar-refractivity contribution in [3.63, 3.8) is 0 Å². The van der Waals surface area contributed by atoms with E-state index in [-0.39, 0.29) is 5.91 Å². The van der Waals surface area contributed by atoms with Crippen LogP contribution in [-0.4, -0.2) is 5.91 Å². The van der Waals surface area contributed by atoms with Crippen molar-refractivity contribution >= 4 is 38.9 Å². The van der Waals surface area contributed by atoms with Crippen LogP contribution in [0.5, 0.6) is 0 Å². The van der Waals surface area contributed by atoms with E-state index in [1.54, 1.807) is 11.3 Å². The van der Waals surface area contributed by atoms with Crippen molar-refractivity contribution in [2.75, 3.05) is 5.32 Å². The maximum absolute atomic E-state index is 11.5. The molecular formula is C16H19BrN2OS. The van der Waals surface area contributed by atoms with E-state index in [4.69, 9.17) is 0 Å². The molecule has 2 aromatic rings. The van der Waals surface area contributed by atoms with Gasteiger partial charge in [0.2, 0.25) is 5.91 Å². The summed E-state index contributed by atoms with van der Waals surface area (Å²) in [6.07, 6.45) is 1.44. The van der Waals surface area contributed by atoms with E-state index in [0.29, 0.717) is 6.42 Å². The van der Waals surface area contributed by atoms with Gasteiger partial charge in [-0.1, -0.05) is 19.1 Å². The van der Waals surface area contributed by atoms with Crippen LogP contribution in [0.15, 0.2) is 40.2 Å². The molecule has 0 fully saturated rings. The highest BCUT2D eigenvalue weighted by atomic mass is 79.9. The van der Waals surface area contributed by atoms with E-state index >= 15 is 0 Å². The lowest BCUT2D eigenvalue weighted by atomic mass is 10.2. The zero-order valence-corrected chi connectivity index (χ0v) is 14.4. The van der Waals surface area contributed by atoms with Crippen molar-refractivity contribution in [3.05, 3.63) is 50.6 Å². The fourth-order valence-corrected chi connectivity index (χ4v) is 3.39. The predicted octanol–water partition coefficient (Wildman–Crippen LogP) is 4.54. The molecule has 0 bridgehead atoms. The van der Waals surface area contributed by atoms with Gasteiger partial charge in [-0.3, -0.25) is 4.79 Å². The van der Waals surface area contributed by atoms with Crippen LogP contribution >= 0.6 is 27.3 Å². The molecule has 0 atom stereocenters. The van der Waals surface area contributed by atoms with Crippen molar-refractivity contribution in [2.24, 2.45) is 0 Å². The van der Waals surface area contributed by atoms with Gasteiger partial charge in [-0.25, -0.2) is 0 Å². The normalized spacial score (nSPS) is 10.6. The number of rotatable bonds is 7. The van der Waals surface area contributed by atoms with Gasteiger partial charge in [0, 0.05) is 30.1 Å². The molecule has 0 aliphatic heterocycles. The highest BCUT2D eigenvalue weighted by Gasteiger charge is 2.01. The number of carbonyl (C=O) groups is 1. The Morgan fingerprint density at radius 3 is 2.52 bits per heavy atom. The second kappa shape index (κ2) is 8.32. The summed E-state index contributed by atoms with van der Waals surface area (Å²) in [5.41, 5.74) is 2.07. The molecule has 1 aromatic carbocycles. The van der Waals surface area contributed by atoms with Crippen molar-refractivity contribution < 1.29 is 4.79 Å². The number of nitrogens with one attached hydrogen (secondary N) is 2. The van der Waals surface area contributed by atoms with Crippen LogP contribution in [0.2, 0.25) is 0 Å². The van der Waals surface area contributed by atoms with E-state index in [0.717, 1.165) is 29.0 Å². The van der Waals surface area contributed by atoms with Crippen LogP contribution in [0, 0.1) is 0 Å². The van der Waals surface area contributed by atoms with Crippen LogP contribution < -0.4 is 10.6 Å². The molecule has 1 amide bonds. The molecule has 1 heterocycles. The topological polar surface area (TPSA) is 41.1 Å². The average molecular weight is 367 g/mol. The Morgan fingerprint density at radius 1 is 1.14 bits per heavy atom. The number of hydrogen-bond donors (Lipinski definition) is 2. The van der Waals surface area contributed by atoms with Crippen LogP contribution in [0.1, 0.15) is 30.2 Å². The standard InChI is InChI=1S/C16H19BrN2OS/c1-2-3-16(20)19-13-6-4-12(5-7-13)10-18-11-14-8-9-15(17)21-14/h4-9,18H,2-3,10-11H2,1H3,(H,19,20). The smallest absolute Gasteiger partial charge is 0.224 e. The summed E-state index contributed by atoms with van der Waals surface area (Å²) >= 11 is 5.21. The van der Waals surface area contributed by atoms with Crippen LogP contribution in [0.25, 0.3) is 0 Å². The molecule has 0 saturated heterocycles. The van der Waals surface area contributed by atoms with E-state index in [9.17, 15) is 4.79 Å². The minimum Gasteiger partial charge on any atom is -0.326 e. The maximum Gasteiger partial charge on any atom is 0.224 e. The number of anilines is 1.